The second kappa shape index (κ2) is 7.06. The Morgan fingerprint density at radius 2 is 1.68 bits per heavy atom. The van der Waals surface area contributed by atoms with Gasteiger partial charge in [-0.15, -0.1) is 0 Å². The summed E-state index contributed by atoms with van der Waals surface area (Å²) in [5.74, 6) is 0. The van der Waals surface area contributed by atoms with E-state index in [1.165, 1.54) is 11.1 Å². The van der Waals surface area contributed by atoms with Crippen LogP contribution in [0.4, 0.5) is 0 Å². The van der Waals surface area contributed by atoms with Gasteiger partial charge in [0.2, 0.25) is 0 Å². The maximum absolute atomic E-state index is 5.53. The van der Waals surface area contributed by atoms with Crippen LogP contribution in [0.5, 0.6) is 0 Å². The van der Waals surface area contributed by atoms with Gasteiger partial charge in [0.25, 0.3) is 0 Å². The first-order valence-electron chi connectivity index (χ1n) is 7.30. The maximum Gasteiger partial charge on any atom is 0.0671 e. The van der Waals surface area contributed by atoms with Crippen LogP contribution in [0, 0.1) is 0 Å². The molecule has 1 aromatic rings. The number of nitrogens with one attached hydrogen (secondary N) is 1. The van der Waals surface area contributed by atoms with Crippen LogP contribution in [0.25, 0.3) is 0 Å². The lowest BCUT2D eigenvalue weighted by Gasteiger charge is -2.21. The van der Waals surface area contributed by atoms with Crippen LogP contribution in [-0.2, 0) is 10.2 Å². The minimum Gasteiger partial charge on any atom is -0.377 e. The molecule has 2 atom stereocenters. The summed E-state index contributed by atoms with van der Waals surface area (Å²) in [5, 5.41) is 3.52. The lowest BCUT2D eigenvalue weighted by Crippen LogP contribution is -2.29. The molecular formula is C17H29NO. The molecule has 0 fully saturated rings. The van der Waals surface area contributed by atoms with Gasteiger partial charge in [-0.1, -0.05) is 45.0 Å². The summed E-state index contributed by atoms with van der Waals surface area (Å²) in [6, 6.07) is 9.28. The second-order valence-corrected chi connectivity index (χ2v) is 6.27. The van der Waals surface area contributed by atoms with E-state index in [0.29, 0.717) is 6.04 Å². The molecule has 0 amide bonds. The molecule has 0 spiro atoms. The predicted molar refractivity (Wildman–Crippen MR) is 82.6 cm³/mol. The van der Waals surface area contributed by atoms with Crippen molar-refractivity contribution in [3.63, 3.8) is 0 Å². The van der Waals surface area contributed by atoms with Crippen LogP contribution >= 0.6 is 0 Å². The zero-order chi connectivity index (χ0) is 14.5. The highest BCUT2D eigenvalue weighted by Gasteiger charge is 2.14. The van der Waals surface area contributed by atoms with Gasteiger partial charge >= 0.3 is 0 Å². The van der Waals surface area contributed by atoms with Crippen molar-refractivity contribution < 1.29 is 4.74 Å². The Hall–Kier alpha value is -0.860. The van der Waals surface area contributed by atoms with E-state index in [4.69, 9.17) is 4.74 Å². The SMILES string of the molecule is CCOC(C)CNC(C)c1ccc(C(C)(C)C)cc1. The van der Waals surface area contributed by atoms with Crippen LogP contribution in [0.1, 0.15) is 58.7 Å². The molecule has 108 valence electrons. The van der Waals surface area contributed by atoms with Crippen LogP contribution in [0.2, 0.25) is 0 Å². The highest BCUT2D eigenvalue weighted by atomic mass is 16.5. The minimum absolute atomic E-state index is 0.221. The fraction of sp³-hybridized carbons (Fsp3) is 0.647. The van der Waals surface area contributed by atoms with Crippen LogP contribution < -0.4 is 5.32 Å². The first kappa shape index (κ1) is 16.2. The Kier molecular flexibility index (Phi) is 6.02. The molecule has 1 N–H and O–H groups in total. The lowest BCUT2D eigenvalue weighted by molar-refractivity contribution is 0.0743. The summed E-state index contributed by atoms with van der Waals surface area (Å²) in [6.45, 7) is 14.7. The van der Waals surface area contributed by atoms with Crippen molar-refractivity contribution in [3.05, 3.63) is 35.4 Å². The largest absolute Gasteiger partial charge is 0.377 e. The Bertz CT molecular complexity index is 364. The van der Waals surface area contributed by atoms with E-state index in [1.807, 2.05) is 6.92 Å². The van der Waals surface area contributed by atoms with Gasteiger partial charge in [-0.25, -0.2) is 0 Å². The molecule has 0 aliphatic heterocycles. The number of hydrogen-bond donors (Lipinski definition) is 1. The van der Waals surface area contributed by atoms with Crippen LogP contribution in [0.15, 0.2) is 24.3 Å². The molecule has 0 saturated heterocycles. The summed E-state index contributed by atoms with van der Waals surface area (Å²) >= 11 is 0. The first-order valence-corrected chi connectivity index (χ1v) is 7.30. The Morgan fingerprint density at radius 1 is 1.11 bits per heavy atom. The zero-order valence-corrected chi connectivity index (χ0v) is 13.3. The van der Waals surface area contributed by atoms with Gasteiger partial charge in [0.1, 0.15) is 0 Å². The van der Waals surface area contributed by atoms with Crippen LogP contribution in [-0.4, -0.2) is 19.3 Å². The van der Waals surface area contributed by atoms with E-state index in [-0.39, 0.29) is 11.5 Å². The molecule has 0 saturated carbocycles. The fourth-order valence-electron chi connectivity index (χ4n) is 2.08. The van der Waals surface area contributed by atoms with Gasteiger partial charge in [-0.2, -0.15) is 0 Å². The molecule has 0 aromatic heterocycles. The molecule has 0 aliphatic rings. The van der Waals surface area contributed by atoms with Crippen molar-refractivity contribution >= 4 is 0 Å². The smallest absolute Gasteiger partial charge is 0.0671 e. The quantitative estimate of drug-likeness (QED) is 0.835. The summed E-state index contributed by atoms with van der Waals surface area (Å²) in [4.78, 5) is 0. The summed E-state index contributed by atoms with van der Waals surface area (Å²) < 4.78 is 5.53. The zero-order valence-electron chi connectivity index (χ0n) is 13.3. The molecule has 19 heavy (non-hydrogen) atoms. The summed E-state index contributed by atoms with van der Waals surface area (Å²) in [7, 11) is 0. The molecule has 1 aromatic carbocycles. The average molecular weight is 263 g/mol. The monoisotopic (exact) mass is 263 g/mol. The molecule has 0 bridgehead atoms. The Balaban J connectivity index is 2.56. The van der Waals surface area contributed by atoms with E-state index >= 15 is 0 Å². The summed E-state index contributed by atoms with van der Waals surface area (Å²) in [6.07, 6.45) is 0.265. The molecule has 0 aliphatic carbocycles. The molecule has 0 heterocycles. The molecular weight excluding hydrogens is 234 g/mol. The number of rotatable bonds is 6. The van der Waals surface area contributed by atoms with Gasteiger partial charge in [-0.05, 0) is 37.3 Å². The van der Waals surface area contributed by atoms with Crippen LogP contribution in [0.3, 0.4) is 0 Å². The van der Waals surface area contributed by atoms with Crippen molar-refractivity contribution in [1.29, 1.82) is 0 Å². The molecule has 2 nitrogen and oxygen atoms in total. The topological polar surface area (TPSA) is 21.3 Å². The second-order valence-electron chi connectivity index (χ2n) is 6.27. The predicted octanol–water partition coefficient (Wildman–Crippen LogP) is 4.06. The number of ether oxygens (including phenoxy) is 1. The minimum atomic E-state index is 0.221. The fourth-order valence-corrected chi connectivity index (χ4v) is 2.08. The van der Waals surface area contributed by atoms with E-state index < -0.39 is 0 Å². The number of hydrogen-bond acceptors (Lipinski definition) is 2. The van der Waals surface area contributed by atoms with E-state index in [1.54, 1.807) is 0 Å². The Labute approximate surface area is 118 Å². The average Bonchev–Trinajstić information content (AvgIpc) is 2.35. The van der Waals surface area contributed by atoms with Crippen molar-refractivity contribution in [2.24, 2.45) is 0 Å². The van der Waals surface area contributed by atoms with Crippen molar-refractivity contribution in [2.75, 3.05) is 13.2 Å². The molecule has 2 unspecified atom stereocenters. The van der Waals surface area contributed by atoms with Crippen molar-refractivity contribution in [3.8, 4) is 0 Å². The third kappa shape index (κ3) is 5.33. The van der Waals surface area contributed by atoms with Gasteiger partial charge in [-0.3, -0.25) is 0 Å². The lowest BCUT2D eigenvalue weighted by atomic mass is 9.86. The van der Waals surface area contributed by atoms with Gasteiger partial charge in [0.05, 0.1) is 6.10 Å². The normalized spacial score (nSPS) is 15.3. The van der Waals surface area contributed by atoms with E-state index in [9.17, 15) is 0 Å². The van der Waals surface area contributed by atoms with Gasteiger partial charge in [0.15, 0.2) is 0 Å². The maximum atomic E-state index is 5.53. The number of benzene rings is 1. The standard InChI is InChI=1S/C17H29NO/c1-7-19-13(2)12-18-14(3)15-8-10-16(11-9-15)17(4,5)6/h8-11,13-14,18H,7,12H2,1-6H3. The molecule has 2 heteroatoms. The summed E-state index contributed by atoms with van der Waals surface area (Å²) in [5.41, 5.74) is 2.93. The first-order chi connectivity index (χ1) is 8.84. The van der Waals surface area contributed by atoms with E-state index in [2.05, 4.69) is 64.2 Å². The molecule has 1 rings (SSSR count). The third-order valence-corrected chi connectivity index (χ3v) is 3.44. The Morgan fingerprint density at radius 3 is 2.16 bits per heavy atom. The highest BCUT2D eigenvalue weighted by Crippen LogP contribution is 2.23. The van der Waals surface area contributed by atoms with Gasteiger partial charge < -0.3 is 10.1 Å². The van der Waals surface area contributed by atoms with Crippen molar-refractivity contribution in [2.45, 2.75) is 59.1 Å². The van der Waals surface area contributed by atoms with Crippen molar-refractivity contribution in [1.82, 2.24) is 5.32 Å². The third-order valence-electron chi connectivity index (χ3n) is 3.44. The highest BCUT2D eigenvalue weighted by molar-refractivity contribution is 5.28. The molecule has 0 radical (unpaired) electrons. The van der Waals surface area contributed by atoms with Gasteiger partial charge in [0, 0.05) is 19.2 Å². The van der Waals surface area contributed by atoms with E-state index in [0.717, 1.165) is 13.2 Å².